The molecule has 88 valence electrons. The smallest absolute Gasteiger partial charge is 0.273 e. The van der Waals surface area contributed by atoms with Crippen molar-refractivity contribution in [1.82, 2.24) is 15.5 Å². The summed E-state index contributed by atoms with van der Waals surface area (Å²) in [6.45, 7) is 3.64. The summed E-state index contributed by atoms with van der Waals surface area (Å²) >= 11 is 0. The van der Waals surface area contributed by atoms with Crippen molar-refractivity contribution in [2.45, 2.75) is 19.9 Å². The van der Waals surface area contributed by atoms with E-state index >= 15 is 0 Å². The summed E-state index contributed by atoms with van der Waals surface area (Å²) < 4.78 is 4.85. The lowest BCUT2D eigenvalue weighted by atomic mass is 10.1. The predicted octanol–water partition coefficient (Wildman–Crippen LogP) is 1.87. The van der Waals surface area contributed by atoms with Crippen LogP contribution in [0.25, 0.3) is 0 Å². The van der Waals surface area contributed by atoms with Gasteiger partial charge in [0.1, 0.15) is 5.76 Å². The quantitative estimate of drug-likeness (QED) is 0.875. The van der Waals surface area contributed by atoms with Crippen molar-refractivity contribution in [3.8, 4) is 0 Å². The highest BCUT2D eigenvalue weighted by Crippen LogP contribution is 2.11. The van der Waals surface area contributed by atoms with Crippen molar-refractivity contribution in [3.05, 3.63) is 47.6 Å². The molecule has 2 aromatic heterocycles. The Hall–Kier alpha value is -2.17. The summed E-state index contributed by atoms with van der Waals surface area (Å²) in [7, 11) is 0. The maximum absolute atomic E-state index is 11.8. The first-order chi connectivity index (χ1) is 8.16. The van der Waals surface area contributed by atoms with E-state index in [0.717, 1.165) is 5.56 Å². The monoisotopic (exact) mass is 231 g/mol. The number of nitrogens with zero attached hydrogens (tertiary/aromatic N) is 2. The Kier molecular flexibility index (Phi) is 3.18. The summed E-state index contributed by atoms with van der Waals surface area (Å²) in [6, 6.07) is 5.23. The fraction of sp³-hybridized carbons (Fsp3) is 0.250. The highest BCUT2D eigenvalue weighted by molar-refractivity contribution is 5.92. The summed E-state index contributed by atoms with van der Waals surface area (Å²) in [4.78, 5) is 15.8. The zero-order valence-electron chi connectivity index (χ0n) is 9.68. The fourth-order valence-electron chi connectivity index (χ4n) is 1.46. The molecule has 0 spiro atoms. The number of amides is 1. The zero-order valence-corrected chi connectivity index (χ0v) is 9.68. The van der Waals surface area contributed by atoms with Crippen LogP contribution in [-0.2, 0) is 0 Å². The molecule has 2 rings (SSSR count). The van der Waals surface area contributed by atoms with Crippen LogP contribution in [0.15, 0.2) is 35.1 Å². The van der Waals surface area contributed by atoms with Gasteiger partial charge in [0.05, 0.1) is 6.04 Å². The van der Waals surface area contributed by atoms with E-state index in [4.69, 9.17) is 4.52 Å². The molecule has 17 heavy (non-hydrogen) atoms. The second-order valence-electron chi connectivity index (χ2n) is 3.80. The molecule has 1 N–H and O–H groups in total. The standard InChI is InChI=1S/C12H13N3O2/c1-8-6-11(15-17-8)12(16)14-9(2)10-4-3-5-13-7-10/h3-7,9H,1-2H3,(H,14,16)/t9-/m1/s1. The Morgan fingerprint density at radius 3 is 2.94 bits per heavy atom. The molecule has 5 heteroatoms. The van der Waals surface area contributed by atoms with E-state index in [0.29, 0.717) is 11.5 Å². The van der Waals surface area contributed by atoms with Crippen LogP contribution >= 0.6 is 0 Å². The predicted molar refractivity (Wildman–Crippen MR) is 61.4 cm³/mol. The van der Waals surface area contributed by atoms with Gasteiger partial charge in [0.15, 0.2) is 5.69 Å². The minimum atomic E-state index is -0.252. The summed E-state index contributed by atoms with van der Waals surface area (Å²) in [5.41, 5.74) is 1.24. The van der Waals surface area contributed by atoms with Crippen LogP contribution in [0.4, 0.5) is 0 Å². The first-order valence-electron chi connectivity index (χ1n) is 5.31. The second kappa shape index (κ2) is 4.78. The Balaban J connectivity index is 2.04. The van der Waals surface area contributed by atoms with E-state index in [1.54, 1.807) is 25.4 Å². The lowest BCUT2D eigenvalue weighted by molar-refractivity contribution is 0.0930. The molecule has 0 aliphatic rings. The topological polar surface area (TPSA) is 68.0 Å². The molecule has 0 aliphatic carbocycles. The number of hydrogen-bond donors (Lipinski definition) is 1. The first kappa shape index (κ1) is 11.3. The number of aryl methyl sites for hydroxylation is 1. The van der Waals surface area contributed by atoms with Gasteiger partial charge in [0.25, 0.3) is 5.91 Å². The number of carbonyl (C=O) groups excluding carboxylic acids is 1. The number of hydrogen-bond acceptors (Lipinski definition) is 4. The minimum Gasteiger partial charge on any atom is -0.361 e. The average Bonchev–Trinajstić information content (AvgIpc) is 2.77. The Bertz CT molecular complexity index is 507. The van der Waals surface area contributed by atoms with Crippen molar-refractivity contribution >= 4 is 5.91 Å². The van der Waals surface area contributed by atoms with Gasteiger partial charge in [-0.1, -0.05) is 11.2 Å². The van der Waals surface area contributed by atoms with Crippen molar-refractivity contribution in [2.75, 3.05) is 0 Å². The van der Waals surface area contributed by atoms with Crippen LogP contribution < -0.4 is 5.32 Å². The third-order valence-electron chi connectivity index (χ3n) is 2.39. The molecule has 0 saturated carbocycles. The third-order valence-corrected chi connectivity index (χ3v) is 2.39. The van der Waals surface area contributed by atoms with Gasteiger partial charge >= 0.3 is 0 Å². The molecular formula is C12H13N3O2. The van der Waals surface area contributed by atoms with Gasteiger partial charge in [0, 0.05) is 18.5 Å². The lowest BCUT2D eigenvalue weighted by Crippen LogP contribution is -2.26. The maximum Gasteiger partial charge on any atom is 0.273 e. The fourth-order valence-corrected chi connectivity index (χ4v) is 1.46. The third kappa shape index (κ3) is 2.69. The van der Waals surface area contributed by atoms with Crippen molar-refractivity contribution < 1.29 is 9.32 Å². The van der Waals surface area contributed by atoms with Gasteiger partial charge in [-0.3, -0.25) is 9.78 Å². The summed E-state index contributed by atoms with van der Waals surface area (Å²) in [6.07, 6.45) is 3.41. The van der Waals surface area contributed by atoms with E-state index < -0.39 is 0 Å². The zero-order chi connectivity index (χ0) is 12.3. The van der Waals surface area contributed by atoms with Crippen molar-refractivity contribution in [1.29, 1.82) is 0 Å². The van der Waals surface area contributed by atoms with E-state index in [-0.39, 0.29) is 11.9 Å². The van der Waals surface area contributed by atoms with Crippen LogP contribution in [0.3, 0.4) is 0 Å². The van der Waals surface area contributed by atoms with Crippen LogP contribution in [0.5, 0.6) is 0 Å². The molecule has 0 unspecified atom stereocenters. The van der Waals surface area contributed by atoms with Crippen molar-refractivity contribution in [2.24, 2.45) is 0 Å². The largest absolute Gasteiger partial charge is 0.361 e. The number of aromatic nitrogens is 2. The molecule has 0 fully saturated rings. The summed E-state index contributed by atoms with van der Waals surface area (Å²) in [5.74, 6) is 0.363. The highest BCUT2D eigenvalue weighted by atomic mass is 16.5. The molecule has 5 nitrogen and oxygen atoms in total. The van der Waals surface area contributed by atoms with Gasteiger partial charge < -0.3 is 9.84 Å². The van der Waals surface area contributed by atoms with E-state index in [1.807, 2.05) is 19.1 Å². The number of rotatable bonds is 3. The molecule has 0 saturated heterocycles. The van der Waals surface area contributed by atoms with Gasteiger partial charge in [-0.15, -0.1) is 0 Å². The number of nitrogens with one attached hydrogen (secondary N) is 1. The number of carbonyl (C=O) groups is 1. The van der Waals surface area contributed by atoms with Crippen LogP contribution in [0.2, 0.25) is 0 Å². The molecule has 2 heterocycles. The SMILES string of the molecule is Cc1cc(C(=O)N[C@H](C)c2cccnc2)no1. The normalized spacial score (nSPS) is 12.1. The van der Waals surface area contributed by atoms with E-state index in [2.05, 4.69) is 15.5 Å². The van der Waals surface area contributed by atoms with Gasteiger partial charge in [-0.2, -0.15) is 0 Å². The molecule has 1 amide bonds. The van der Waals surface area contributed by atoms with Gasteiger partial charge in [-0.25, -0.2) is 0 Å². The van der Waals surface area contributed by atoms with Crippen LogP contribution in [0.1, 0.15) is 34.8 Å². The Morgan fingerprint density at radius 1 is 1.53 bits per heavy atom. The Labute approximate surface area is 98.8 Å². The van der Waals surface area contributed by atoms with Crippen LogP contribution in [-0.4, -0.2) is 16.0 Å². The molecule has 1 atom stereocenters. The lowest BCUT2D eigenvalue weighted by Gasteiger charge is -2.12. The Morgan fingerprint density at radius 2 is 2.35 bits per heavy atom. The van der Waals surface area contributed by atoms with Crippen molar-refractivity contribution in [3.63, 3.8) is 0 Å². The van der Waals surface area contributed by atoms with Gasteiger partial charge in [0.2, 0.25) is 0 Å². The van der Waals surface area contributed by atoms with Crippen LogP contribution in [0, 0.1) is 6.92 Å². The number of pyridine rings is 1. The minimum absolute atomic E-state index is 0.117. The first-order valence-corrected chi connectivity index (χ1v) is 5.31. The molecule has 0 radical (unpaired) electrons. The molecule has 2 aromatic rings. The average molecular weight is 231 g/mol. The summed E-state index contributed by atoms with van der Waals surface area (Å²) in [5, 5.41) is 6.48. The molecule has 0 aliphatic heterocycles. The van der Waals surface area contributed by atoms with E-state index in [9.17, 15) is 4.79 Å². The molecule has 0 bridgehead atoms. The van der Waals surface area contributed by atoms with E-state index in [1.165, 1.54) is 0 Å². The molecule has 0 aromatic carbocycles. The maximum atomic E-state index is 11.8. The highest BCUT2D eigenvalue weighted by Gasteiger charge is 2.14. The van der Waals surface area contributed by atoms with Gasteiger partial charge in [-0.05, 0) is 25.5 Å². The second-order valence-corrected chi connectivity index (χ2v) is 3.80. The molecular weight excluding hydrogens is 218 g/mol.